The molecule has 5 nitrogen and oxygen atoms in total. The van der Waals surface area contributed by atoms with E-state index in [1.54, 1.807) is 12.1 Å². The van der Waals surface area contributed by atoms with Crippen molar-refractivity contribution in [2.24, 2.45) is 0 Å². The number of hydrogen-bond acceptors (Lipinski definition) is 4. The van der Waals surface area contributed by atoms with Crippen molar-refractivity contribution in [3.05, 3.63) is 52.3 Å². The van der Waals surface area contributed by atoms with Crippen molar-refractivity contribution >= 4 is 17.3 Å². The molecule has 3 rings (SSSR count). The Morgan fingerprint density at radius 3 is 2.13 bits per heavy atom. The summed E-state index contributed by atoms with van der Waals surface area (Å²) in [6.07, 6.45) is 1.75. The molecule has 162 valence electrons. The smallest absolute Gasteiger partial charge is 0.260 e. The lowest BCUT2D eigenvalue weighted by molar-refractivity contribution is -0.134. The minimum atomic E-state index is -0.226. The second-order valence-corrected chi connectivity index (χ2v) is 8.23. The number of nitrogen functional groups attached to an aromatic ring is 1. The molecule has 1 aliphatic heterocycles. The number of piperidine rings is 1. The van der Waals surface area contributed by atoms with Gasteiger partial charge in [0, 0.05) is 37.6 Å². The van der Waals surface area contributed by atoms with Crippen LogP contribution in [0.2, 0.25) is 0 Å². The van der Waals surface area contributed by atoms with E-state index in [4.69, 9.17) is 10.5 Å². The number of amides is 1. The lowest BCUT2D eigenvalue weighted by Gasteiger charge is -2.37. The summed E-state index contributed by atoms with van der Waals surface area (Å²) in [4.78, 5) is 16.8. The number of benzene rings is 2. The summed E-state index contributed by atoms with van der Waals surface area (Å²) in [6, 6.07) is 6.76. The maximum absolute atomic E-state index is 13.1. The van der Waals surface area contributed by atoms with Crippen LogP contribution in [0.4, 0.5) is 15.8 Å². The summed E-state index contributed by atoms with van der Waals surface area (Å²) in [6.45, 7) is 9.60. The molecule has 0 aliphatic carbocycles. The maximum Gasteiger partial charge on any atom is 0.260 e. The highest BCUT2D eigenvalue weighted by molar-refractivity contribution is 5.78. The van der Waals surface area contributed by atoms with Crippen molar-refractivity contribution in [3.8, 4) is 5.75 Å². The van der Waals surface area contributed by atoms with E-state index >= 15 is 0 Å². The number of nitrogens with two attached hydrogens (primary N) is 1. The highest BCUT2D eigenvalue weighted by atomic mass is 19.1. The van der Waals surface area contributed by atoms with Crippen LogP contribution in [0, 0.1) is 33.5 Å². The topological polar surface area (TPSA) is 58.8 Å². The Kier molecular flexibility index (Phi) is 6.54. The van der Waals surface area contributed by atoms with E-state index in [9.17, 15) is 9.18 Å². The van der Waals surface area contributed by atoms with Crippen molar-refractivity contribution in [2.45, 2.75) is 46.6 Å². The minimum absolute atomic E-state index is 0.0131. The number of carbonyl (C=O) groups is 1. The fourth-order valence-corrected chi connectivity index (χ4v) is 4.13. The van der Waals surface area contributed by atoms with Gasteiger partial charge in [0.05, 0.1) is 0 Å². The second-order valence-electron chi connectivity index (χ2n) is 8.23. The van der Waals surface area contributed by atoms with E-state index in [1.807, 2.05) is 39.6 Å². The van der Waals surface area contributed by atoms with Gasteiger partial charge in [-0.2, -0.15) is 0 Å². The first-order valence-electron chi connectivity index (χ1n) is 10.5. The molecular weight excluding hydrogens is 381 g/mol. The summed E-state index contributed by atoms with van der Waals surface area (Å²) in [7, 11) is 1.85. The molecule has 2 aromatic carbocycles. The zero-order valence-corrected chi connectivity index (χ0v) is 18.6. The van der Waals surface area contributed by atoms with Crippen LogP contribution in [0.15, 0.2) is 24.3 Å². The first-order chi connectivity index (χ1) is 14.2. The first kappa shape index (κ1) is 21.9. The molecule has 1 heterocycles. The van der Waals surface area contributed by atoms with E-state index in [0.717, 1.165) is 65.3 Å². The fourth-order valence-electron chi connectivity index (χ4n) is 4.13. The molecule has 0 spiro atoms. The van der Waals surface area contributed by atoms with E-state index in [0.29, 0.717) is 0 Å². The molecule has 1 aliphatic rings. The lowest BCUT2D eigenvalue weighted by atomic mass is 9.97. The molecule has 2 aromatic rings. The molecule has 1 amide bonds. The highest BCUT2D eigenvalue weighted by Crippen LogP contribution is 2.34. The summed E-state index contributed by atoms with van der Waals surface area (Å²) in [5.74, 6) is 0.504. The number of anilines is 2. The molecule has 30 heavy (non-hydrogen) atoms. The van der Waals surface area contributed by atoms with Crippen LogP contribution in [0.3, 0.4) is 0 Å². The van der Waals surface area contributed by atoms with Gasteiger partial charge in [0.15, 0.2) is 6.61 Å². The zero-order valence-electron chi connectivity index (χ0n) is 18.6. The molecule has 0 bridgehead atoms. The van der Waals surface area contributed by atoms with Crippen LogP contribution in [-0.2, 0) is 4.79 Å². The van der Waals surface area contributed by atoms with Crippen LogP contribution in [0.5, 0.6) is 5.75 Å². The number of ether oxygens (including phenoxy) is 1. The highest BCUT2D eigenvalue weighted by Gasteiger charge is 2.26. The Hall–Kier alpha value is -2.76. The van der Waals surface area contributed by atoms with Gasteiger partial charge >= 0.3 is 0 Å². The Bertz CT molecular complexity index is 890. The average molecular weight is 414 g/mol. The summed E-state index contributed by atoms with van der Waals surface area (Å²) < 4.78 is 19.1. The number of hydrogen-bond donors (Lipinski definition) is 1. The van der Waals surface area contributed by atoms with Crippen LogP contribution < -0.4 is 15.4 Å². The molecule has 1 fully saturated rings. The van der Waals surface area contributed by atoms with Gasteiger partial charge < -0.3 is 20.3 Å². The van der Waals surface area contributed by atoms with E-state index < -0.39 is 0 Å². The quantitative estimate of drug-likeness (QED) is 0.748. The second kappa shape index (κ2) is 8.94. The van der Waals surface area contributed by atoms with Crippen molar-refractivity contribution in [2.75, 3.05) is 37.4 Å². The van der Waals surface area contributed by atoms with Crippen LogP contribution >= 0.6 is 0 Å². The summed E-state index contributed by atoms with van der Waals surface area (Å²) in [5, 5.41) is 0. The summed E-state index contributed by atoms with van der Waals surface area (Å²) in [5.41, 5.74) is 11.9. The van der Waals surface area contributed by atoms with Gasteiger partial charge in [-0.25, -0.2) is 4.39 Å². The van der Waals surface area contributed by atoms with Gasteiger partial charge in [0.25, 0.3) is 5.91 Å². The van der Waals surface area contributed by atoms with Crippen molar-refractivity contribution in [1.29, 1.82) is 0 Å². The largest absolute Gasteiger partial charge is 0.483 e. The van der Waals surface area contributed by atoms with Gasteiger partial charge in [-0.1, -0.05) is 0 Å². The number of carbonyl (C=O) groups excluding carboxylic acids is 1. The van der Waals surface area contributed by atoms with Crippen LogP contribution in [0.25, 0.3) is 0 Å². The predicted molar refractivity (Wildman–Crippen MR) is 120 cm³/mol. The average Bonchev–Trinajstić information content (AvgIpc) is 2.76. The minimum Gasteiger partial charge on any atom is -0.483 e. The van der Waals surface area contributed by atoms with Crippen molar-refractivity contribution in [1.82, 2.24) is 4.90 Å². The van der Waals surface area contributed by atoms with Crippen molar-refractivity contribution in [3.63, 3.8) is 0 Å². The van der Waals surface area contributed by atoms with E-state index in [1.165, 1.54) is 12.1 Å². The normalized spacial score (nSPS) is 14.7. The van der Waals surface area contributed by atoms with Crippen molar-refractivity contribution < 1.29 is 13.9 Å². The predicted octanol–water partition coefficient (Wildman–Crippen LogP) is 4.15. The number of halogens is 1. The molecule has 0 saturated carbocycles. The molecule has 1 saturated heterocycles. The number of rotatable bonds is 5. The number of likely N-dealkylation sites (N-methyl/N-ethyl adjacent to an activating group) is 1. The third-order valence-corrected chi connectivity index (χ3v) is 6.55. The zero-order chi connectivity index (χ0) is 22.0. The molecular formula is C24H32FN3O2. The van der Waals surface area contributed by atoms with Gasteiger partial charge in [0.2, 0.25) is 0 Å². The SMILES string of the molecule is Cc1c(C)c(OCC(=O)N(C)C2CCN(c3ccc(F)cc3)CC2)c(C)c(C)c1N. The Labute approximate surface area is 178 Å². The standard InChI is InChI=1S/C24H32FN3O2/c1-15-17(3)24(18(4)16(2)23(15)26)30-14-22(29)27(5)20-10-12-28(13-11-20)21-8-6-19(25)7-9-21/h6-9,20H,10-14,26H2,1-5H3. The third kappa shape index (κ3) is 4.37. The monoisotopic (exact) mass is 413 g/mol. The Balaban J connectivity index is 1.58. The van der Waals surface area contributed by atoms with E-state index in [2.05, 4.69) is 4.90 Å². The molecule has 0 radical (unpaired) electrons. The molecule has 6 heteroatoms. The van der Waals surface area contributed by atoms with Gasteiger partial charge in [0.1, 0.15) is 11.6 Å². The van der Waals surface area contributed by atoms with Crippen LogP contribution in [-0.4, -0.2) is 43.6 Å². The van der Waals surface area contributed by atoms with Gasteiger partial charge in [-0.3, -0.25) is 4.79 Å². The molecule has 0 unspecified atom stereocenters. The van der Waals surface area contributed by atoms with Gasteiger partial charge in [-0.15, -0.1) is 0 Å². The Morgan fingerprint density at radius 1 is 1.07 bits per heavy atom. The fraction of sp³-hybridized carbons (Fsp3) is 0.458. The summed E-state index contributed by atoms with van der Waals surface area (Å²) >= 11 is 0. The first-order valence-corrected chi connectivity index (χ1v) is 10.5. The van der Waals surface area contributed by atoms with Gasteiger partial charge in [-0.05, 0) is 87.1 Å². The number of nitrogens with zero attached hydrogens (tertiary/aromatic N) is 2. The van der Waals surface area contributed by atoms with Crippen LogP contribution in [0.1, 0.15) is 35.1 Å². The molecule has 0 atom stereocenters. The Morgan fingerprint density at radius 2 is 1.60 bits per heavy atom. The van der Waals surface area contributed by atoms with E-state index in [-0.39, 0.29) is 24.4 Å². The third-order valence-electron chi connectivity index (χ3n) is 6.55. The maximum atomic E-state index is 13.1. The molecule has 0 aromatic heterocycles. The lowest BCUT2D eigenvalue weighted by Crippen LogP contribution is -2.47. The molecule has 2 N–H and O–H groups in total.